The van der Waals surface area contributed by atoms with Crippen LogP contribution in [0.2, 0.25) is 0 Å². The average molecular weight is 347 g/mol. The van der Waals surface area contributed by atoms with Crippen LogP contribution in [0, 0.1) is 0 Å². The summed E-state index contributed by atoms with van der Waals surface area (Å²) in [6.45, 7) is 0.155. The topological polar surface area (TPSA) is 123 Å². The first-order valence-electron chi connectivity index (χ1n) is 5.89. The lowest BCUT2D eigenvalue weighted by atomic mass is 10.2. The lowest BCUT2D eigenvalue weighted by Crippen LogP contribution is -2.17. The number of nitrogens with one attached hydrogen (secondary N) is 2. The van der Waals surface area contributed by atoms with Gasteiger partial charge in [0.15, 0.2) is 0 Å². The molecule has 11 heteroatoms. The van der Waals surface area contributed by atoms with Gasteiger partial charge in [0.25, 0.3) is 5.56 Å². The van der Waals surface area contributed by atoms with E-state index in [1.165, 1.54) is 4.68 Å². The van der Waals surface area contributed by atoms with Gasteiger partial charge < -0.3 is 0 Å². The Balaban J connectivity index is 2.23. The number of anilines is 1. The molecule has 0 atom stereocenters. The number of hydrogen-bond donors (Lipinski definition) is 3. The molecule has 1 aromatic heterocycles. The molecule has 0 aliphatic heterocycles. The van der Waals surface area contributed by atoms with Gasteiger partial charge in [0, 0.05) is 11.0 Å². The lowest BCUT2D eigenvalue weighted by Gasteiger charge is -2.07. The predicted molar refractivity (Wildman–Crippen MR) is 79.7 cm³/mol. The van der Waals surface area contributed by atoms with Crippen molar-refractivity contribution in [3.05, 3.63) is 46.2 Å². The maximum atomic E-state index is 11.8. The van der Waals surface area contributed by atoms with Gasteiger partial charge in [0.2, 0.25) is 10.0 Å². The van der Waals surface area contributed by atoms with Crippen LogP contribution in [-0.4, -0.2) is 29.7 Å². The second-order valence-electron chi connectivity index (χ2n) is 4.30. The highest BCUT2D eigenvalue weighted by Gasteiger charge is 2.10. The summed E-state index contributed by atoms with van der Waals surface area (Å²) in [6.07, 6.45) is 0.987. The quantitative estimate of drug-likeness (QED) is 0.388. The molecular formula is C11H13N3O6S2. The zero-order chi connectivity index (χ0) is 16.2. The highest BCUT2D eigenvalue weighted by Crippen LogP contribution is 2.24. The van der Waals surface area contributed by atoms with Crippen LogP contribution >= 0.6 is 12.0 Å². The Kier molecular flexibility index (Phi) is 5.26. The summed E-state index contributed by atoms with van der Waals surface area (Å²) in [6, 6.07) is 8.12. The van der Waals surface area contributed by atoms with E-state index in [1.807, 2.05) is 0 Å². The molecule has 2 aromatic rings. The number of sulfonamides is 1. The van der Waals surface area contributed by atoms with Crippen molar-refractivity contribution < 1.29 is 23.0 Å². The summed E-state index contributed by atoms with van der Waals surface area (Å²) in [7, 11) is -3.48. The Morgan fingerprint density at radius 1 is 1.41 bits per heavy atom. The van der Waals surface area contributed by atoms with Gasteiger partial charge in [0.1, 0.15) is 5.82 Å². The summed E-state index contributed by atoms with van der Waals surface area (Å²) in [5.74, 6) is 0.0765. The molecule has 1 heterocycles. The molecule has 0 radical (unpaired) electrons. The Hall–Kier alpha value is -1.79. The van der Waals surface area contributed by atoms with E-state index >= 15 is 0 Å². The highest BCUT2D eigenvalue weighted by atomic mass is 32.2. The van der Waals surface area contributed by atoms with Gasteiger partial charge >= 0.3 is 0 Å². The zero-order valence-corrected chi connectivity index (χ0v) is 13.0. The Bertz CT molecular complexity index is 798. The summed E-state index contributed by atoms with van der Waals surface area (Å²) < 4.78 is 30.1. The number of aromatic amines is 1. The van der Waals surface area contributed by atoms with E-state index in [9.17, 15) is 13.2 Å². The average Bonchev–Trinajstić information content (AvgIpc) is 2.75. The molecule has 0 saturated carbocycles. The van der Waals surface area contributed by atoms with Crippen molar-refractivity contribution in [2.75, 3.05) is 11.0 Å². The molecular weight excluding hydrogens is 334 g/mol. The van der Waals surface area contributed by atoms with Gasteiger partial charge in [-0.2, -0.15) is 0 Å². The lowest BCUT2D eigenvalue weighted by molar-refractivity contribution is -0.432. The van der Waals surface area contributed by atoms with Gasteiger partial charge in [-0.15, -0.1) is 4.33 Å². The minimum Gasteiger partial charge on any atom is -0.280 e. The summed E-state index contributed by atoms with van der Waals surface area (Å²) in [5, 5.41) is 14.4. The van der Waals surface area contributed by atoms with Crippen LogP contribution in [0.3, 0.4) is 0 Å². The van der Waals surface area contributed by atoms with Gasteiger partial charge in [0.05, 0.1) is 24.8 Å². The van der Waals surface area contributed by atoms with Crippen LogP contribution in [0.5, 0.6) is 0 Å². The minimum atomic E-state index is -3.48. The molecule has 3 N–H and O–H groups in total. The fourth-order valence-corrected chi connectivity index (χ4v) is 2.72. The van der Waals surface area contributed by atoms with Gasteiger partial charge in [-0.3, -0.25) is 14.6 Å². The molecule has 0 spiro atoms. The van der Waals surface area contributed by atoms with E-state index < -0.39 is 15.6 Å². The molecule has 9 nitrogen and oxygen atoms in total. The van der Waals surface area contributed by atoms with Crippen molar-refractivity contribution in [2.24, 2.45) is 0 Å². The molecule has 0 aliphatic rings. The van der Waals surface area contributed by atoms with Crippen LogP contribution < -0.4 is 10.3 Å². The van der Waals surface area contributed by atoms with E-state index in [0.29, 0.717) is 10.5 Å². The van der Waals surface area contributed by atoms with E-state index in [1.54, 1.807) is 24.3 Å². The van der Waals surface area contributed by atoms with Crippen molar-refractivity contribution in [3.8, 4) is 0 Å². The smallest absolute Gasteiger partial charge is 0.268 e. The third kappa shape index (κ3) is 4.61. The number of nitrogens with zero attached hydrogens (tertiary/aromatic N) is 1. The number of rotatable bonds is 7. The third-order valence-corrected chi connectivity index (χ3v) is 3.84. The highest BCUT2D eigenvalue weighted by molar-refractivity contribution is 7.94. The summed E-state index contributed by atoms with van der Waals surface area (Å²) >= 11 is 0.776. The first-order chi connectivity index (χ1) is 10.4. The van der Waals surface area contributed by atoms with Crippen LogP contribution in [0.4, 0.5) is 5.82 Å². The molecule has 120 valence electrons. The van der Waals surface area contributed by atoms with E-state index in [0.717, 1.165) is 24.4 Å². The summed E-state index contributed by atoms with van der Waals surface area (Å²) in [4.78, 5) is 12.5. The predicted octanol–water partition coefficient (Wildman–Crippen LogP) is 1.02. The van der Waals surface area contributed by atoms with Crippen LogP contribution in [0.1, 0.15) is 5.56 Å². The van der Waals surface area contributed by atoms with Gasteiger partial charge in [-0.25, -0.2) is 18.4 Å². The zero-order valence-electron chi connectivity index (χ0n) is 11.3. The van der Waals surface area contributed by atoms with Crippen molar-refractivity contribution in [2.45, 2.75) is 11.4 Å². The van der Waals surface area contributed by atoms with Crippen LogP contribution in [0.25, 0.3) is 0 Å². The molecule has 22 heavy (non-hydrogen) atoms. The molecule has 0 amide bonds. The second-order valence-corrected chi connectivity index (χ2v) is 6.79. The van der Waals surface area contributed by atoms with Crippen LogP contribution in [-0.2, 0) is 25.9 Å². The number of hydrogen-bond acceptors (Lipinski definition) is 7. The molecule has 0 unspecified atom stereocenters. The van der Waals surface area contributed by atoms with Crippen molar-refractivity contribution in [1.82, 2.24) is 9.78 Å². The Morgan fingerprint density at radius 2 is 2.14 bits per heavy atom. The molecule has 0 fully saturated rings. The SMILES string of the molecule is CS(=O)(=O)Nc1cc(=O)n(Cc2ccccc2SOOO)[nH]1. The maximum Gasteiger partial charge on any atom is 0.268 e. The van der Waals surface area contributed by atoms with Crippen molar-refractivity contribution in [1.29, 1.82) is 0 Å². The number of benzene rings is 1. The fourth-order valence-electron chi connectivity index (χ4n) is 1.74. The van der Waals surface area contributed by atoms with Gasteiger partial charge in [-0.1, -0.05) is 23.2 Å². The minimum absolute atomic E-state index is 0.0765. The standard InChI is InChI=1S/C11H13N3O6S2/c1-22(17,18)13-10-6-11(15)14(12-10)7-8-4-2-3-5-9(8)21-20-19-16/h2-6,12-13,16H,7H2,1H3. The first-order valence-corrected chi connectivity index (χ1v) is 8.52. The van der Waals surface area contributed by atoms with Crippen molar-refractivity contribution in [3.63, 3.8) is 0 Å². The van der Waals surface area contributed by atoms with Crippen LogP contribution in [0.15, 0.2) is 40.0 Å². The Morgan fingerprint density at radius 3 is 2.82 bits per heavy atom. The van der Waals surface area contributed by atoms with Crippen molar-refractivity contribution >= 4 is 27.9 Å². The molecule has 0 bridgehead atoms. The Labute approximate surface area is 130 Å². The number of H-pyrrole nitrogens is 1. The number of aromatic nitrogens is 2. The second kappa shape index (κ2) is 6.98. The van der Waals surface area contributed by atoms with E-state index in [4.69, 9.17) is 5.26 Å². The largest absolute Gasteiger partial charge is 0.280 e. The van der Waals surface area contributed by atoms with E-state index in [2.05, 4.69) is 19.2 Å². The van der Waals surface area contributed by atoms with E-state index in [-0.39, 0.29) is 12.4 Å². The van der Waals surface area contributed by atoms with Gasteiger partial charge in [-0.05, 0) is 11.6 Å². The molecule has 1 aromatic carbocycles. The third-order valence-electron chi connectivity index (χ3n) is 2.54. The molecule has 0 aliphatic carbocycles. The normalized spacial score (nSPS) is 11.5. The molecule has 2 rings (SSSR count). The first kappa shape index (κ1) is 16.6. The monoisotopic (exact) mass is 347 g/mol. The maximum absolute atomic E-state index is 11.8. The fraction of sp³-hybridized carbons (Fsp3) is 0.182. The summed E-state index contributed by atoms with van der Waals surface area (Å²) in [5.41, 5.74) is 0.310. The molecule has 0 saturated heterocycles.